The number of hydrogen-bond donors (Lipinski definition) is 1. The fourth-order valence-electron chi connectivity index (χ4n) is 2.28. The number of ether oxygens (including phenoxy) is 1. The summed E-state index contributed by atoms with van der Waals surface area (Å²) in [7, 11) is 1.66. The van der Waals surface area contributed by atoms with Gasteiger partial charge in [0.25, 0.3) is 5.91 Å². The minimum atomic E-state index is -0.108. The molecule has 4 heteroatoms. The third-order valence-corrected chi connectivity index (χ3v) is 3.46. The molecule has 0 radical (unpaired) electrons. The second-order valence-corrected chi connectivity index (χ2v) is 4.91. The molecule has 0 fully saturated rings. The summed E-state index contributed by atoms with van der Waals surface area (Å²) in [4.78, 5) is 16.2. The summed E-state index contributed by atoms with van der Waals surface area (Å²) in [6, 6.07) is 9.47. The van der Waals surface area contributed by atoms with Crippen LogP contribution in [0.4, 0.5) is 0 Å². The molecule has 0 saturated carbocycles. The molecule has 1 aromatic heterocycles. The van der Waals surface area contributed by atoms with Crippen LogP contribution < -0.4 is 10.1 Å². The Bertz CT molecular complexity index is 611. The third-order valence-electron chi connectivity index (χ3n) is 3.46. The summed E-state index contributed by atoms with van der Waals surface area (Å²) in [5.41, 5.74) is 2.71. The standard InChI is InChI=1S/C17H20N2O2/c1-4-15(13-7-8-16(21-3)12(2)10-13)19-17(20)14-6-5-9-18-11-14/h5-11,15H,4H2,1-3H3,(H,19,20). The van der Waals surface area contributed by atoms with E-state index in [1.165, 1.54) is 0 Å². The smallest absolute Gasteiger partial charge is 0.253 e. The molecule has 110 valence electrons. The summed E-state index contributed by atoms with van der Waals surface area (Å²) in [5.74, 6) is 0.746. The van der Waals surface area contributed by atoms with Crippen LogP contribution >= 0.6 is 0 Å². The molecule has 21 heavy (non-hydrogen) atoms. The average Bonchev–Trinajstić information content (AvgIpc) is 2.53. The third kappa shape index (κ3) is 3.60. The van der Waals surface area contributed by atoms with Gasteiger partial charge in [0.1, 0.15) is 5.75 Å². The number of methoxy groups -OCH3 is 1. The number of hydrogen-bond acceptors (Lipinski definition) is 3. The Hall–Kier alpha value is -2.36. The number of nitrogens with one attached hydrogen (secondary N) is 1. The minimum absolute atomic E-state index is 0.0256. The number of nitrogens with zero attached hydrogens (tertiary/aromatic N) is 1. The lowest BCUT2D eigenvalue weighted by atomic mass is 10.0. The second-order valence-electron chi connectivity index (χ2n) is 4.91. The number of carbonyl (C=O) groups excluding carboxylic acids is 1. The van der Waals surface area contributed by atoms with E-state index in [1.54, 1.807) is 31.6 Å². The van der Waals surface area contributed by atoms with Crippen LogP contribution in [0.25, 0.3) is 0 Å². The van der Waals surface area contributed by atoms with Gasteiger partial charge in [0.2, 0.25) is 0 Å². The van der Waals surface area contributed by atoms with Gasteiger partial charge in [0.15, 0.2) is 0 Å². The summed E-state index contributed by atoms with van der Waals surface area (Å²) in [6.45, 7) is 4.05. The van der Waals surface area contributed by atoms with Gasteiger partial charge in [-0.05, 0) is 42.7 Å². The van der Waals surface area contributed by atoms with Gasteiger partial charge < -0.3 is 10.1 Å². The molecule has 1 heterocycles. The number of rotatable bonds is 5. The molecule has 0 aliphatic heterocycles. The maximum atomic E-state index is 12.2. The lowest BCUT2D eigenvalue weighted by molar-refractivity contribution is 0.0935. The van der Waals surface area contributed by atoms with E-state index in [0.29, 0.717) is 5.56 Å². The monoisotopic (exact) mass is 284 g/mol. The molecular weight excluding hydrogens is 264 g/mol. The summed E-state index contributed by atoms with van der Waals surface area (Å²) in [6.07, 6.45) is 4.04. The normalized spacial score (nSPS) is 11.8. The van der Waals surface area contributed by atoms with E-state index in [4.69, 9.17) is 4.74 Å². The highest BCUT2D eigenvalue weighted by molar-refractivity contribution is 5.94. The molecule has 0 aliphatic rings. The first-order chi connectivity index (χ1) is 10.2. The molecule has 4 nitrogen and oxygen atoms in total. The van der Waals surface area contributed by atoms with Gasteiger partial charge in [-0.15, -0.1) is 0 Å². The summed E-state index contributed by atoms with van der Waals surface area (Å²) >= 11 is 0. The molecule has 2 aromatic rings. The zero-order valence-electron chi connectivity index (χ0n) is 12.6. The van der Waals surface area contributed by atoms with Crippen LogP contribution in [-0.4, -0.2) is 18.0 Å². The fourth-order valence-corrected chi connectivity index (χ4v) is 2.28. The highest BCUT2D eigenvalue weighted by atomic mass is 16.5. The number of aryl methyl sites for hydroxylation is 1. The van der Waals surface area contributed by atoms with Gasteiger partial charge in [-0.1, -0.05) is 19.1 Å². The SMILES string of the molecule is CCC(NC(=O)c1cccnc1)c1ccc(OC)c(C)c1. The van der Waals surface area contributed by atoms with Crippen LogP contribution in [0.3, 0.4) is 0 Å². The minimum Gasteiger partial charge on any atom is -0.496 e. The maximum absolute atomic E-state index is 12.2. The van der Waals surface area contributed by atoms with Crippen molar-refractivity contribution in [1.29, 1.82) is 0 Å². The molecule has 2 rings (SSSR count). The Morgan fingerprint density at radius 1 is 1.38 bits per heavy atom. The van der Waals surface area contributed by atoms with E-state index in [9.17, 15) is 4.79 Å². The Balaban J connectivity index is 2.16. The molecule has 1 aromatic carbocycles. The van der Waals surface area contributed by atoms with Gasteiger partial charge in [-0.3, -0.25) is 9.78 Å². The number of carbonyl (C=O) groups is 1. The van der Waals surface area contributed by atoms with Gasteiger partial charge in [-0.25, -0.2) is 0 Å². The molecular formula is C17H20N2O2. The van der Waals surface area contributed by atoms with E-state index in [1.807, 2.05) is 26.0 Å². The van der Waals surface area contributed by atoms with Crippen LogP contribution in [0.1, 0.15) is 40.9 Å². The maximum Gasteiger partial charge on any atom is 0.253 e. The summed E-state index contributed by atoms with van der Waals surface area (Å²) < 4.78 is 5.27. The van der Waals surface area contributed by atoms with Crippen molar-refractivity contribution < 1.29 is 9.53 Å². The first kappa shape index (κ1) is 15.0. The Kier molecular flexibility index (Phi) is 4.93. The van der Waals surface area contributed by atoms with Crippen LogP contribution in [-0.2, 0) is 0 Å². The van der Waals surface area contributed by atoms with Crippen molar-refractivity contribution >= 4 is 5.91 Å². The first-order valence-corrected chi connectivity index (χ1v) is 7.01. The zero-order chi connectivity index (χ0) is 15.2. The van der Waals surface area contributed by atoms with E-state index < -0.39 is 0 Å². The average molecular weight is 284 g/mol. The largest absolute Gasteiger partial charge is 0.496 e. The predicted molar refractivity (Wildman–Crippen MR) is 82.5 cm³/mol. The van der Waals surface area contributed by atoms with E-state index >= 15 is 0 Å². The lowest BCUT2D eigenvalue weighted by Gasteiger charge is -2.18. The Labute approximate surface area is 125 Å². The molecule has 0 aliphatic carbocycles. The van der Waals surface area contributed by atoms with Crippen molar-refractivity contribution in [2.24, 2.45) is 0 Å². The van der Waals surface area contributed by atoms with Crippen LogP contribution in [0, 0.1) is 6.92 Å². The van der Waals surface area contributed by atoms with E-state index in [2.05, 4.69) is 16.4 Å². The van der Waals surface area contributed by atoms with Gasteiger partial charge in [0.05, 0.1) is 18.7 Å². The van der Waals surface area contributed by atoms with Crippen molar-refractivity contribution in [2.45, 2.75) is 26.3 Å². The van der Waals surface area contributed by atoms with Crippen molar-refractivity contribution in [3.8, 4) is 5.75 Å². The molecule has 1 amide bonds. The quantitative estimate of drug-likeness (QED) is 0.916. The molecule has 1 N–H and O–H groups in total. The topological polar surface area (TPSA) is 51.2 Å². The molecule has 0 spiro atoms. The van der Waals surface area contributed by atoms with Crippen LogP contribution in [0.15, 0.2) is 42.7 Å². The van der Waals surface area contributed by atoms with Crippen molar-refractivity contribution in [3.05, 3.63) is 59.4 Å². The Morgan fingerprint density at radius 2 is 2.19 bits per heavy atom. The van der Waals surface area contributed by atoms with E-state index in [0.717, 1.165) is 23.3 Å². The van der Waals surface area contributed by atoms with Gasteiger partial charge in [-0.2, -0.15) is 0 Å². The van der Waals surface area contributed by atoms with Crippen molar-refractivity contribution in [3.63, 3.8) is 0 Å². The first-order valence-electron chi connectivity index (χ1n) is 7.01. The van der Waals surface area contributed by atoms with Crippen molar-refractivity contribution in [1.82, 2.24) is 10.3 Å². The van der Waals surface area contributed by atoms with Crippen LogP contribution in [0.2, 0.25) is 0 Å². The second kappa shape index (κ2) is 6.88. The Morgan fingerprint density at radius 3 is 2.76 bits per heavy atom. The molecule has 0 saturated heterocycles. The summed E-state index contributed by atoms with van der Waals surface area (Å²) in [5, 5.41) is 3.04. The van der Waals surface area contributed by atoms with Gasteiger partial charge in [0, 0.05) is 12.4 Å². The fraction of sp³-hybridized carbons (Fsp3) is 0.294. The number of amides is 1. The number of aromatic nitrogens is 1. The number of pyridine rings is 1. The highest BCUT2D eigenvalue weighted by Crippen LogP contribution is 2.24. The van der Waals surface area contributed by atoms with Gasteiger partial charge >= 0.3 is 0 Å². The highest BCUT2D eigenvalue weighted by Gasteiger charge is 2.15. The van der Waals surface area contributed by atoms with Crippen LogP contribution in [0.5, 0.6) is 5.75 Å². The lowest BCUT2D eigenvalue weighted by Crippen LogP contribution is -2.28. The van der Waals surface area contributed by atoms with E-state index in [-0.39, 0.29) is 11.9 Å². The molecule has 1 unspecified atom stereocenters. The predicted octanol–water partition coefficient (Wildman–Crippen LogP) is 3.28. The van der Waals surface area contributed by atoms with Crippen molar-refractivity contribution in [2.75, 3.05) is 7.11 Å². The molecule has 1 atom stereocenters. The zero-order valence-corrected chi connectivity index (χ0v) is 12.6. The molecule has 0 bridgehead atoms. The number of benzene rings is 1.